The number of carbonyl (C=O) groups excluding carboxylic acids is 1. The molecule has 1 aliphatic carbocycles. The molecule has 6 nitrogen and oxygen atoms in total. The van der Waals surface area contributed by atoms with Crippen molar-refractivity contribution in [1.82, 2.24) is 14.9 Å². The molecule has 0 unspecified atom stereocenters. The van der Waals surface area contributed by atoms with E-state index in [0.717, 1.165) is 50.3 Å². The van der Waals surface area contributed by atoms with Crippen LogP contribution < -0.4 is 5.32 Å². The van der Waals surface area contributed by atoms with E-state index in [1.54, 1.807) is 6.33 Å². The number of nitrogens with one attached hydrogen (secondary N) is 1. The number of esters is 1. The van der Waals surface area contributed by atoms with Crippen LogP contribution in [0.1, 0.15) is 38.3 Å². The first kappa shape index (κ1) is 16.7. The highest BCUT2D eigenvalue weighted by Crippen LogP contribution is 2.50. The second-order valence-electron chi connectivity index (χ2n) is 6.24. The molecule has 1 aromatic rings. The van der Waals surface area contributed by atoms with Crippen molar-refractivity contribution >= 4 is 11.8 Å². The van der Waals surface area contributed by atoms with Gasteiger partial charge in [0.05, 0.1) is 12.3 Å². The molecule has 0 atom stereocenters. The minimum absolute atomic E-state index is 0.0818. The number of ether oxygens (including phenoxy) is 1. The van der Waals surface area contributed by atoms with Crippen molar-refractivity contribution in [2.75, 3.05) is 39.1 Å². The Bertz CT molecular complexity index is 501. The van der Waals surface area contributed by atoms with Crippen LogP contribution in [0.3, 0.4) is 0 Å². The summed E-state index contributed by atoms with van der Waals surface area (Å²) in [4.78, 5) is 21.8. The Morgan fingerprint density at radius 2 is 2.18 bits per heavy atom. The quantitative estimate of drug-likeness (QED) is 0.554. The second kappa shape index (κ2) is 7.54. The molecule has 22 heavy (non-hydrogen) atoms. The monoisotopic (exact) mass is 306 g/mol. The largest absolute Gasteiger partial charge is 0.466 e. The van der Waals surface area contributed by atoms with E-state index in [4.69, 9.17) is 4.74 Å². The minimum Gasteiger partial charge on any atom is -0.466 e. The molecule has 1 saturated carbocycles. The van der Waals surface area contributed by atoms with Crippen molar-refractivity contribution in [3.63, 3.8) is 0 Å². The third kappa shape index (κ3) is 4.94. The Morgan fingerprint density at radius 3 is 2.82 bits per heavy atom. The molecule has 0 aromatic carbocycles. The second-order valence-corrected chi connectivity index (χ2v) is 6.24. The molecule has 0 amide bonds. The zero-order chi connectivity index (χ0) is 16.0. The molecule has 0 spiro atoms. The van der Waals surface area contributed by atoms with Crippen molar-refractivity contribution in [3.8, 4) is 0 Å². The first-order valence-corrected chi connectivity index (χ1v) is 7.86. The summed E-state index contributed by atoms with van der Waals surface area (Å²) in [5.41, 5.74) is 1.14. The fourth-order valence-electron chi connectivity index (χ4n) is 2.53. The van der Waals surface area contributed by atoms with Crippen LogP contribution in [-0.2, 0) is 14.9 Å². The van der Waals surface area contributed by atoms with Gasteiger partial charge in [-0.25, -0.2) is 9.97 Å². The van der Waals surface area contributed by atoms with Crippen molar-refractivity contribution < 1.29 is 9.53 Å². The number of carbonyl (C=O) groups is 1. The number of hydrogen-bond acceptors (Lipinski definition) is 6. The number of aromatic nitrogens is 2. The van der Waals surface area contributed by atoms with Gasteiger partial charge in [-0.3, -0.25) is 4.79 Å². The van der Waals surface area contributed by atoms with Gasteiger partial charge in [-0.1, -0.05) is 0 Å². The predicted octanol–water partition coefficient (Wildman–Crippen LogP) is 1.82. The van der Waals surface area contributed by atoms with Crippen LogP contribution in [0, 0.1) is 0 Å². The van der Waals surface area contributed by atoms with Gasteiger partial charge in [0, 0.05) is 24.9 Å². The first-order chi connectivity index (χ1) is 10.5. The normalized spacial score (nSPS) is 15.6. The van der Waals surface area contributed by atoms with Gasteiger partial charge in [-0.05, 0) is 46.3 Å². The molecule has 2 rings (SSSR count). The number of hydrogen-bond donors (Lipinski definition) is 1. The van der Waals surface area contributed by atoms with Gasteiger partial charge in [0.2, 0.25) is 0 Å². The van der Waals surface area contributed by atoms with E-state index in [0.29, 0.717) is 6.61 Å². The summed E-state index contributed by atoms with van der Waals surface area (Å²) in [6.45, 7) is 3.86. The molecular formula is C16H26N4O2. The summed E-state index contributed by atoms with van der Waals surface area (Å²) < 4.78 is 5.07. The minimum atomic E-state index is -0.221. The van der Waals surface area contributed by atoms with E-state index < -0.39 is 0 Å². The standard InChI is InChI=1S/C16H26N4O2/c1-13(21)22-10-7-16(5-6-16)14-11-15(19-12-18-14)17-8-4-9-20(2)3/h11-12H,4-10H2,1-3H3,(H,17,18,19). The number of rotatable bonds is 9. The third-order valence-electron chi connectivity index (χ3n) is 4.04. The van der Waals surface area contributed by atoms with Crippen molar-refractivity contribution in [2.45, 2.75) is 38.0 Å². The maximum Gasteiger partial charge on any atom is 0.302 e. The summed E-state index contributed by atoms with van der Waals surface area (Å²) in [6, 6.07) is 2.04. The Hall–Kier alpha value is -1.69. The maximum absolute atomic E-state index is 10.9. The Labute approximate surface area is 132 Å². The lowest BCUT2D eigenvalue weighted by atomic mass is 9.98. The average Bonchev–Trinajstić information content (AvgIpc) is 3.24. The molecule has 0 bridgehead atoms. The van der Waals surface area contributed by atoms with Crippen LogP contribution in [0.15, 0.2) is 12.4 Å². The summed E-state index contributed by atoms with van der Waals surface area (Å²) in [5, 5.41) is 3.35. The highest BCUT2D eigenvalue weighted by molar-refractivity contribution is 5.65. The molecule has 1 N–H and O–H groups in total. The van der Waals surface area contributed by atoms with Gasteiger partial charge in [-0.2, -0.15) is 0 Å². The zero-order valence-electron chi connectivity index (χ0n) is 13.8. The van der Waals surface area contributed by atoms with Crippen LogP contribution >= 0.6 is 0 Å². The number of nitrogens with zero attached hydrogens (tertiary/aromatic N) is 3. The third-order valence-corrected chi connectivity index (χ3v) is 4.04. The average molecular weight is 306 g/mol. The molecule has 0 aliphatic heterocycles. The Balaban J connectivity index is 1.86. The van der Waals surface area contributed by atoms with Crippen molar-refractivity contribution in [3.05, 3.63) is 18.1 Å². The van der Waals surface area contributed by atoms with Gasteiger partial charge in [-0.15, -0.1) is 0 Å². The van der Waals surface area contributed by atoms with Gasteiger partial charge in [0.15, 0.2) is 0 Å². The van der Waals surface area contributed by atoms with E-state index in [2.05, 4.69) is 34.3 Å². The van der Waals surface area contributed by atoms with E-state index >= 15 is 0 Å². The molecule has 1 aromatic heterocycles. The smallest absolute Gasteiger partial charge is 0.302 e. The van der Waals surface area contributed by atoms with Gasteiger partial charge in [0.1, 0.15) is 12.1 Å². The van der Waals surface area contributed by atoms with Crippen LogP contribution in [0.2, 0.25) is 0 Å². The van der Waals surface area contributed by atoms with Gasteiger partial charge >= 0.3 is 5.97 Å². The molecule has 122 valence electrons. The summed E-state index contributed by atoms with van der Waals surface area (Å²) in [5.74, 6) is 0.657. The number of anilines is 1. The lowest BCUT2D eigenvalue weighted by Crippen LogP contribution is -2.17. The zero-order valence-corrected chi connectivity index (χ0v) is 13.8. The fourth-order valence-corrected chi connectivity index (χ4v) is 2.53. The summed E-state index contributed by atoms with van der Waals surface area (Å²) in [7, 11) is 4.14. The summed E-state index contributed by atoms with van der Waals surface area (Å²) in [6.07, 6.45) is 5.74. The van der Waals surface area contributed by atoms with Crippen LogP contribution in [0.4, 0.5) is 5.82 Å². The van der Waals surface area contributed by atoms with Gasteiger partial charge < -0.3 is 15.0 Å². The summed E-state index contributed by atoms with van der Waals surface area (Å²) >= 11 is 0. The van der Waals surface area contributed by atoms with Gasteiger partial charge in [0.25, 0.3) is 0 Å². The lowest BCUT2D eigenvalue weighted by Gasteiger charge is -2.15. The predicted molar refractivity (Wildman–Crippen MR) is 85.9 cm³/mol. The van der Waals surface area contributed by atoms with Crippen LogP contribution in [0.5, 0.6) is 0 Å². The van der Waals surface area contributed by atoms with E-state index in [9.17, 15) is 4.79 Å². The molecule has 0 radical (unpaired) electrons. The molecule has 1 heterocycles. The maximum atomic E-state index is 10.9. The molecule has 0 saturated heterocycles. The SMILES string of the molecule is CC(=O)OCCC1(c2cc(NCCCN(C)C)ncn2)CC1. The lowest BCUT2D eigenvalue weighted by molar-refractivity contribution is -0.141. The topological polar surface area (TPSA) is 67.3 Å². The van der Waals surface area contributed by atoms with Crippen molar-refractivity contribution in [1.29, 1.82) is 0 Å². The van der Waals surface area contributed by atoms with E-state index in [1.165, 1.54) is 6.92 Å². The van der Waals surface area contributed by atoms with Crippen LogP contribution in [0.25, 0.3) is 0 Å². The Kier molecular flexibility index (Phi) is 5.71. The van der Waals surface area contributed by atoms with Crippen molar-refractivity contribution in [2.24, 2.45) is 0 Å². The molecule has 1 aliphatic rings. The molecule has 6 heteroatoms. The highest BCUT2D eigenvalue weighted by atomic mass is 16.5. The Morgan fingerprint density at radius 1 is 1.41 bits per heavy atom. The first-order valence-electron chi connectivity index (χ1n) is 7.86. The van der Waals surface area contributed by atoms with E-state index in [-0.39, 0.29) is 11.4 Å². The molecule has 1 fully saturated rings. The van der Waals surface area contributed by atoms with Crippen LogP contribution in [-0.4, -0.2) is 54.6 Å². The fraction of sp³-hybridized carbons (Fsp3) is 0.688. The molecular weight excluding hydrogens is 280 g/mol. The highest BCUT2D eigenvalue weighted by Gasteiger charge is 2.45. The van der Waals surface area contributed by atoms with E-state index in [1.807, 2.05) is 6.07 Å².